The van der Waals surface area contributed by atoms with Gasteiger partial charge in [0.1, 0.15) is 5.00 Å². The van der Waals surface area contributed by atoms with Crippen molar-refractivity contribution in [2.45, 2.75) is 52.5 Å². The van der Waals surface area contributed by atoms with Gasteiger partial charge in [0.25, 0.3) is 0 Å². The van der Waals surface area contributed by atoms with E-state index in [2.05, 4.69) is 10.6 Å². The normalized spacial score (nSPS) is 13.7. The Kier molecular flexibility index (Phi) is 7.79. The van der Waals surface area contributed by atoms with Gasteiger partial charge in [-0.15, -0.1) is 11.3 Å². The number of hydrogen-bond acceptors (Lipinski definition) is 6. The number of esters is 1. The van der Waals surface area contributed by atoms with Crippen LogP contribution in [0.2, 0.25) is 0 Å². The van der Waals surface area contributed by atoms with Crippen LogP contribution in [0.15, 0.2) is 5.38 Å². The van der Waals surface area contributed by atoms with Gasteiger partial charge >= 0.3 is 5.97 Å². The third-order valence-electron chi connectivity index (χ3n) is 4.20. The Morgan fingerprint density at radius 1 is 1.22 bits per heavy atom. The van der Waals surface area contributed by atoms with E-state index in [-0.39, 0.29) is 36.9 Å². The van der Waals surface area contributed by atoms with E-state index in [9.17, 15) is 14.4 Å². The Morgan fingerprint density at radius 2 is 1.89 bits per heavy atom. The van der Waals surface area contributed by atoms with Crippen LogP contribution in [0.1, 0.15) is 62.4 Å². The fraction of sp³-hybridized carbons (Fsp3) is 0.632. The molecule has 1 saturated carbocycles. The summed E-state index contributed by atoms with van der Waals surface area (Å²) in [5.41, 5.74) is 1.45. The van der Waals surface area contributed by atoms with Crippen molar-refractivity contribution in [2.24, 2.45) is 0 Å². The van der Waals surface area contributed by atoms with Crippen LogP contribution >= 0.6 is 11.3 Å². The molecule has 1 heterocycles. The second-order valence-electron chi connectivity index (χ2n) is 6.96. The number of carbonyl (C=O) groups is 3. The third kappa shape index (κ3) is 6.32. The Labute approximate surface area is 164 Å². The molecule has 1 fully saturated rings. The highest BCUT2D eigenvalue weighted by Gasteiger charge is 2.32. The highest BCUT2D eigenvalue weighted by molar-refractivity contribution is 7.15. The summed E-state index contributed by atoms with van der Waals surface area (Å²) in [6, 6.07) is 0.0594. The molecule has 0 radical (unpaired) electrons. The van der Waals surface area contributed by atoms with E-state index in [1.165, 1.54) is 11.3 Å². The maximum absolute atomic E-state index is 12.5. The van der Waals surface area contributed by atoms with Crippen LogP contribution in [-0.4, -0.2) is 55.0 Å². The molecule has 2 amide bonds. The Hall–Kier alpha value is -1.93. The van der Waals surface area contributed by atoms with E-state index in [0.717, 1.165) is 18.4 Å². The van der Waals surface area contributed by atoms with E-state index in [1.54, 1.807) is 11.8 Å². The van der Waals surface area contributed by atoms with Gasteiger partial charge in [-0.2, -0.15) is 0 Å². The first-order valence-electron chi connectivity index (χ1n) is 9.45. The molecule has 150 valence electrons. The second kappa shape index (κ2) is 9.85. The second-order valence-corrected chi connectivity index (χ2v) is 7.84. The van der Waals surface area contributed by atoms with Crippen molar-refractivity contribution in [2.75, 3.05) is 31.6 Å². The molecule has 1 aromatic rings. The van der Waals surface area contributed by atoms with Crippen LogP contribution in [0.3, 0.4) is 0 Å². The molecule has 27 heavy (non-hydrogen) atoms. The smallest absolute Gasteiger partial charge is 0.341 e. The zero-order valence-corrected chi connectivity index (χ0v) is 17.3. The fourth-order valence-corrected chi connectivity index (χ4v) is 3.84. The van der Waals surface area contributed by atoms with Crippen molar-refractivity contribution in [1.82, 2.24) is 10.2 Å². The number of rotatable bonds is 10. The van der Waals surface area contributed by atoms with Crippen LogP contribution < -0.4 is 10.6 Å². The van der Waals surface area contributed by atoms with Crippen molar-refractivity contribution in [1.29, 1.82) is 0 Å². The first kappa shape index (κ1) is 21.4. The molecule has 0 aliphatic heterocycles. The van der Waals surface area contributed by atoms with E-state index < -0.39 is 0 Å². The van der Waals surface area contributed by atoms with Crippen molar-refractivity contribution in [3.8, 4) is 0 Å². The number of nitrogens with one attached hydrogen (secondary N) is 2. The molecule has 0 atom stereocenters. The summed E-state index contributed by atoms with van der Waals surface area (Å²) in [5.74, 6) is -0.360. The quantitative estimate of drug-likeness (QED) is 0.595. The predicted octanol–water partition coefficient (Wildman–Crippen LogP) is 2.59. The van der Waals surface area contributed by atoms with Crippen LogP contribution in [0, 0.1) is 0 Å². The van der Waals surface area contributed by atoms with Crippen LogP contribution in [0.5, 0.6) is 0 Å². The third-order valence-corrected chi connectivity index (χ3v) is 5.11. The summed E-state index contributed by atoms with van der Waals surface area (Å²) in [4.78, 5) is 38.5. The average molecular weight is 396 g/mol. The van der Waals surface area contributed by atoms with Crippen molar-refractivity contribution in [3.05, 3.63) is 16.5 Å². The molecule has 2 rings (SSSR count). The minimum Gasteiger partial charge on any atom is -0.462 e. The Bertz CT molecular complexity index is 682. The van der Waals surface area contributed by atoms with Crippen LogP contribution in [-0.2, 0) is 14.3 Å². The molecule has 0 aromatic carbocycles. The summed E-state index contributed by atoms with van der Waals surface area (Å²) in [6.07, 6.45) is 2.12. The number of carbonyl (C=O) groups excluding carboxylic acids is 3. The Morgan fingerprint density at radius 3 is 2.44 bits per heavy atom. The number of hydrogen-bond donors (Lipinski definition) is 2. The minimum atomic E-state index is -0.389. The highest BCUT2D eigenvalue weighted by Crippen LogP contribution is 2.46. The van der Waals surface area contributed by atoms with Gasteiger partial charge in [-0.25, -0.2) is 4.79 Å². The molecular formula is C19H29N3O4S. The lowest BCUT2D eigenvalue weighted by Crippen LogP contribution is -2.42. The molecule has 0 bridgehead atoms. The van der Waals surface area contributed by atoms with Gasteiger partial charge in [-0.1, -0.05) is 6.92 Å². The van der Waals surface area contributed by atoms with Gasteiger partial charge in [-0.05, 0) is 57.0 Å². The maximum atomic E-state index is 12.5. The molecule has 0 unspecified atom stereocenters. The zero-order valence-electron chi connectivity index (χ0n) is 16.5. The van der Waals surface area contributed by atoms with Crippen LogP contribution in [0.25, 0.3) is 0 Å². The van der Waals surface area contributed by atoms with Gasteiger partial charge in [0.2, 0.25) is 11.8 Å². The van der Waals surface area contributed by atoms with E-state index in [4.69, 9.17) is 4.74 Å². The van der Waals surface area contributed by atoms with Crippen molar-refractivity contribution < 1.29 is 19.1 Å². The predicted molar refractivity (Wildman–Crippen MR) is 106 cm³/mol. The molecule has 0 spiro atoms. The number of ether oxygens (including phenoxy) is 1. The number of amides is 2. The molecule has 1 aromatic heterocycles. The molecule has 8 heteroatoms. The highest BCUT2D eigenvalue weighted by atomic mass is 32.1. The van der Waals surface area contributed by atoms with Crippen molar-refractivity contribution in [3.63, 3.8) is 0 Å². The fourth-order valence-electron chi connectivity index (χ4n) is 2.79. The summed E-state index contributed by atoms with van der Waals surface area (Å²) in [7, 11) is 0. The number of likely N-dealkylation sites (N-methyl/N-ethyl adjacent to an activating group) is 1. The van der Waals surface area contributed by atoms with Gasteiger partial charge in [-0.3, -0.25) is 14.5 Å². The molecule has 1 aliphatic rings. The SMILES string of the molecule is CCOC(=O)c1c(C2CC2)csc1NC(=O)CN(CC)CC(=O)NC(C)C. The summed E-state index contributed by atoms with van der Waals surface area (Å²) < 4.78 is 5.17. The average Bonchev–Trinajstić information content (AvgIpc) is 3.34. The van der Waals surface area contributed by atoms with E-state index in [0.29, 0.717) is 29.6 Å². The standard InChI is InChI=1S/C19H29N3O4S/c1-5-22(9-15(23)20-12(3)4)10-16(24)21-18-17(19(25)26-6-2)14(11-27-18)13-7-8-13/h11-13H,5-10H2,1-4H3,(H,20,23)(H,21,24). The largest absolute Gasteiger partial charge is 0.462 e. The maximum Gasteiger partial charge on any atom is 0.341 e. The summed E-state index contributed by atoms with van der Waals surface area (Å²) >= 11 is 1.35. The van der Waals surface area contributed by atoms with Gasteiger partial charge < -0.3 is 15.4 Å². The number of nitrogens with zero attached hydrogens (tertiary/aromatic N) is 1. The Balaban J connectivity index is 2.02. The van der Waals surface area contributed by atoms with Crippen LogP contribution in [0.4, 0.5) is 5.00 Å². The molecular weight excluding hydrogens is 366 g/mol. The topological polar surface area (TPSA) is 87.7 Å². The van der Waals surface area contributed by atoms with Gasteiger partial charge in [0.05, 0.1) is 25.3 Å². The lowest BCUT2D eigenvalue weighted by Gasteiger charge is -2.20. The molecule has 7 nitrogen and oxygen atoms in total. The monoisotopic (exact) mass is 395 g/mol. The summed E-state index contributed by atoms with van der Waals surface area (Å²) in [6.45, 7) is 8.56. The minimum absolute atomic E-state index is 0.0594. The van der Waals surface area contributed by atoms with Crippen molar-refractivity contribution >= 4 is 34.1 Å². The first-order valence-corrected chi connectivity index (χ1v) is 10.3. The number of anilines is 1. The lowest BCUT2D eigenvalue weighted by atomic mass is 10.1. The summed E-state index contributed by atoms with van der Waals surface area (Å²) in [5, 5.41) is 8.13. The zero-order chi connectivity index (χ0) is 20.0. The van der Waals surface area contributed by atoms with E-state index in [1.807, 2.05) is 26.2 Å². The van der Waals surface area contributed by atoms with E-state index >= 15 is 0 Å². The lowest BCUT2D eigenvalue weighted by molar-refractivity contribution is -0.123. The molecule has 0 saturated heterocycles. The van der Waals surface area contributed by atoms with Gasteiger partial charge in [0, 0.05) is 6.04 Å². The van der Waals surface area contributed by atoms with Gasteiger partial charge in [0.15, 0.2) is 0 Å². The molecule has 1 aliphatic carbocycles. The number of thiophene rings is 1. The first-order chi connectivity index (χ1) is 12.8. The molecule has 2 N–H and O–H groups in total.